The highest BCUT2D eigenvalue weighted by molar-refractivity contribution is 6.30. The number of imidazole rings is 1. The Labute approximate surface area is 238 Å². The molecular weight excluding hydrogens is 528 g/mol. The molecular formula is C31H31ClN4O4. The second kappa shape index (κ2) is 11.8. The van der Waals surface area contributed by atoms with Gasteiger partial charge in [-0.3, -0.25) is 19.5 Å². The fourth-order valence-electron chi connectivity index (χ4n) is 4.55. The van der Waals surface area contributed by atoms with E-state index in [1.165, 1.54) is 0 Å². The number of halogens is 1. The van der Waals surface area contributed by atoms with Crippen molar-refractivity contribution in [1.29, 1.82) is 0 Å². The maximum Gasteiger partial charge on any atom is 0.254 e. The normalized spacial score (nSPS) is 12.6. The number of hydrogen-bond acceptors (Lipinski definition) is 5. The molecule has 1 N–H and O–H groups in total. The summed E-state index contributed by atoms with van der Waals surface area (Å²) < 4.78 is 12.7. The Bertz CT molecular complexity index is 1530. The quantitative estimate of drug-likeness (QED) is 0.258. The third-order valence-electron chi connectivity index (χ3n) is 6.92. The summed E-state index contributed by atoms with van der Waals surface area (Å²) in [6, 6.07) is 20.2. The van der Waals surface area contributed by atoms with E-state index in [2.05, 4.69) is 5.32 Å². The van der Waals surface area contributed by atoms with Crippen molar-refractivity contribution >= 4 is 29.4 Å². The topological polar surface area (TPSA) is 85.7 Å². The van der Waals surface area contributed by atoms with Gasteiger partial charge in [-0.25, -0.2) is 4.98 Å². The molecule has 1 aliphatic carbocycles. The first-order chi connectivity index (χ1) is 19.4. The van der Waals surface area contributed by atoms with Gasteiger partial charge in [0.05, 0.1) is 25.6 Å². The van der Waals surface area contributed by atoms with Crippen molar-refractivity contribution in [2.45, 2.75) is 19.8 Å². The lowest BCUT2D eigenvalue weighted by Gasteiger charge is -2.23. The number of carbonyl (C=O) groups is 2. The lowest BCUT2D eigenvalue weighted by atomic mass is 10.1. The van der Waals surface area contributed by atoms with Crippen molar-refractivity contribution in [3.8, 4) is 28.4 Å². The molecule has 9 heteroatoms. The smallest absolute Gasteiger partial charge is 0.254 e. The molecule has 1 heterocycles. The van der Waals surface area contributed by atoms with Crippen LogP contribution in [0.25, 0.3) is 16.9 Å². The molecule has 3 aromatic carbocycles. The van der Waals surface area contributed by atoms with E-state index in [0.29, 0.717) is 51.9 Å². The van der Waals surface area contributed by atoms with Crippen molar-refractivity contribution in [3.05, 3.63) is 89.1 Å². The number of methoxy groups -OCH3 is 2. The van der Waals surface area contributed by atoms with Crippen LogP contribution in [0.3, 0.4) is 0 Å². The van der Waals surface area contributed by atoms with Gasteiger partial charge in [0.2, 0.25) is 11.9 Å². The Morgan fingerprint density at radius 2 is 1.75 bits per heavy atom. The highest BCUT2D eigenvalue weighted by Gasteiger charge is 2.29. The van der Waals surface area contributed by atoms with Gasteiger partial charge in [0.15, 0.2) is 11.5 Å². The Morgan fingerprint density at radius 1 is 1.02 bits per heavy atom. The van der Waals surface area contributed by atoms with Crippen LogP contribution in [0.15, 0.2) is 72.9 Å². The SMILES string of the molecule is COc1ccc(-n2cc(-c3ccc(Cl)cc3)nc2NC(=O)CN(CC2CC2)C(=O)c2ccccc2C)cc1OC. The summed E-state index contributed by atoms with van der Waals surface area (Å²) in [4.78, 5) is 33.2. The molecule has 40 heavy (non-hydrogen) atoms. The summed E-state index contributed by atoms with van der Waals surface area (Å²) in [5.74, 6) is 1.38. The Hall–Kier alpha value is -4.30. The molecule has 1 saturated carbocycles. The van der Waals surface area contributed by atoms with Gasteiger partial charge in [-0.2, -0.15) is 0 Å². The molecule has 2 amide bonds. The number of amides is 2. The fraction of sp³-hybridized carbons (Fsp3) is 0.258. The summed E-state index contributed by atoms with van der Waals surface area (Å²) in [6.07, 6.45) is 3.96. The molecule has 0 atom stereocenters. The fourth-order valence-corrected chi connectivity index (χ4v) is 4.68. The zero-order valence-corrected chi connectivity index (χ0v) is 23.4. The number of anilines is 1. The van der Waals surface area contributed by atoms with Crippen molar-refractivity contribution in [2.24, 2.45) is 5.92 Å². The average Bonchev–Trinajstić information content (AvgIpc) is 3.69. The molecule has 1 aromatic heterocycles. The number of nitrogens with one attached hydrogen (secondary N) is 1. The molecule has 1 aliphatic rings. The summed E-state index contributed by atoms with van der Waals surface area (Å²) in [5, 5.41) is 3.56. The number of aromatic nitrogens is 2. The van der Waals surface area contributed by atoms with Gasteiger partial charge >= 0.3 is 0 Å². The number of benzene rings is 3. The van der Waals surface area contributed by atoms with E-state index in [4.69, 9.17) is 26.1 Å². The number of hydrogen-bond donors (Lipinski definition) is 1. The summed E-state index contributed by atoms with van der Waals surface area (Å²) in [6.45, 7) is 2.36. The van der Waals surface area contributed by atoms with Crippen LogP contribution >= 0.6 is 11.6 Å². The minimum atomic E-state index is -0.336. The molecule has 4 aromatic rings. The molecule has 5 rings (SSSR count). The third kappa shape index (κ3) is 6.13. The van der Waals surface area contributed by atoms with Crippen LogP contribution in [-0.2, 0) is 4.79 Å². The molecule has 0 bridgehead atoms. The van der Waals surface area contributed by atoms with Gasteiger partial charge in [-0.15, -0.1) is 0 Å². The maximum atomic E-state index is 13.4. The van der Waals surface area contributed by atoms with E-state index in [-0.39, 0.29) is 18.4 Å². The first-order valence-corrected chi connectivity index (χ1v) is 13.5. The minimum Gasteiger partial charge on any atom is -0.493 e. The molecule has 0 radical (unpaired) electrons. The van der Waals surface area contributed by atoms with E-state index >= 15 is 0 Å². The Balaban J connectivity index is 1.45. The second-order valence-corrected chi connectivity index (χ2v) is 10.3. The molecule has 1 fully saturated rings. The highest BCUT2D eigenvalue weighted by atomic mass is 35.5. The van der Waals surface area contributed by atoms with E-state index < -0.39 is 0 Å². The van der Waals surface area contributed by atoms with Gasteiger partial charge < -0.3 is 14.4 Å². The van der Waals surface area contributed by atoms with E-state index in [1.54, 1.807) is 48.0 Å². The molecule has 8 nitrogen and oxygen atoms in total. The predicted octanol–water partition coefficient (Wildman–Crippen LogP) is 6.01. The lowest BCUT2D eigenvalue weighted by Crippen LogP contribution is -2.40. The number of ether oxygens (including phenoxy) is 2. The van der Waals surface area contributed by atoms with Crippen molar-refractivity contribution in [2.75, 3.05) is 32.6 Å². The molecule has 0 saturated heterocycles. The van der Waals surface area contributed by atoms with E-state index in [1.807, 2.05) is 55.6 Å². The second-order valence-electron chi connectivity index (χ2n) is 9.86. The Kier molecular flexibility index (Phi) is 8.07. The molecule has 0 aliphatic heterocycles. The van der Waals surface area contributed by atoms with Gasteiger partial charge in [-0.1, -0.05) is 41.9 Å². The average molecular weight is 559 g/mol. The molecule has 0 unspecified atom stereocenters. The Morgan fingerprint density at radius 3 is 2.42 bits per heavy atom. The molecule has 206 valence electrons. The summed E-state index contributed by atoms with van der Waals surface area (Å²) >= 11 is 6.09. The van der Waals surface area contributed by atoms with Crippen LogP contribution in [0.5, 0.6) is 11.5 Å². The largest absolute Gasteiger partial charge is 0.493 e. The van der Waals surface area contributed by atoms with Gasteiger partial charge in [0.25, 0.3) is 5.91 Å². The van der Waals surface area contributed by atoms with Gasteiger partial charge in [-0.05, 0) is 61.6 Å². The zero-order valence-electron chi connectivity index (χ0n) is 22.7. The lowest BCUT2D eigenvalue weighted by molar-refractivity contribution is -0.117. The van der Waals surface area contributed by atoms with Crippen LogP contribution in [0, 0.1) is 12.8 Å². The summed E-state index contributed by atoms with van der Waals surface area (Å²) in [5.41, 5.74) is 3.68. The third-order valence-corrected chi connectivity index (χ3v) is 7.17. The van der Waals surface area contributed by atoms with E-state index in [9.17, 15) is 9.59 Å². The first kappa shape index (κ1) is 27.3. The number of aryl methyl sites for hydroxylation is 1. The van der Waals surface area contributed by atoms with Gasteiger partial charge in [0, 0.05) is 35.0 Å². The van der Waals surface area contributed by atoms with Crippen LogP contribution in [0.4, 0.5) is 5.95 Å². The minimum absolute atomic E-state index is 0.0846. The zero-order chi connectivity index (χ0) is 28.2. The van der Waals surface area contributed by atoms with Crippen LogP contribution in [0.2, 0.25) is 5.02 Å². The number of carbonyl (C=O) groups excluding carboxylic acids is 2. The predicted molar refractivity (Wildman–Crippen MR) is 156 cm³/mol. The monoisotopic (exact) mass is 558 g/mol. The summed E-state index contributed by atoms with van der Waals surface area (Å²) in [7, 11) is 3.14. The van der Waals surface area contributed by atoms with Crippen LogP contribution in [-0.4, -0.2) is 53.6 Å². The number of rotatable bonds is 10. The standard InChI is InChI=1S/C31H31ClN4O4/c1-20-6-4-5-7-25(20)30(38)35(17-21-8-9-21)19-29(37)34-31-33-26(22-10-12-23(32)13-11-22)18-36(31)24-14-15-27(39-2)28(16-24)40-3/h4-7,10-16,18,21H,8-9,17,19H2,1-3H3,(H,33,34,37). The van der Waals surface area contributed by atoms with Crippen molar-refractivity contribution in [1.82, 2.24) is 14.5 Å². The van der Waals surface area contributed by atoms with Crippen LogP contribution in [0.1, 0.15) is 28.8 Å². The first-order valence-electron chi connectivity index (χ1n) is 13.1. The van der Waals surface area contributed by atoms with Crippen molar-refractivity contribution < 1.29 is 19.1 Å². The van der Waals surface area contributed by atoms with Gasteiger partial charge in [0.1, 0.15) is 6.54 Å². The van der Waals surface area contributed by atoms with Crippen molar-refractivity contribution in [3.63, 3.8) is 0 Å². The highest BCUT2D eigenvalue weighted by Crippen LogP contribution is 2.33. The van der Waals surface area contributed by atoms with Crippen LogP contribution < -0.4 is 14.8 Å². The molecule has 0 spiro atoms. The maximum absolute atomic E-state index is 13.4. The number of nitrogens with zero attached hydrogens (tertiary/aromatic N) is 3. The van der Waals surface area contributed by atoms with E-state index in [0.717, 1.165) is 24.0 Å².